The molecule has 8 nitrogen and oxygen atoms in total. The van der Waals surface area contributed by atoms with E-state index >= 15 is 0 Å². The molecule has 0 unspecified atom stereocenters. The Morgan fingerprint density at radius 1 is 1.27 bits per heavy atom. The minimum Gasteiger partial charge on any atom is -0.383 e. The number of aryl methyl sites for hydroxylation is 1. The number of carbonyl (C=O) groups is 1. The molecule has 2 atom stereocenters. The molecule has 12 heteroatoms. The third-order valence-corrected chi connectivity index (χ3v) is 6.07. The van der Waals surface area contributed by atoms with Gasteiger partial charge in [0.05, 0.1) is 30.1 Å². The van der Waals surface area contributed by atoms with Crippen LogP contribution in [0.2, 0.25) is 0 Å². The third-order valence-electron chi connectivity index (χ3n) is 6.07. The maximum atomic E-state index is 14.6. The van der Waals surface area contributed by atoms with Gasteiger partial charge in [0, 0.05) is 24.3 Å². The van der Waals surface area contributed by atoms with E-state index in [9.17, 15) is 22.4 Å². The highest BCUT2D eigenvalue weighted by molar-refractivity contribution is 5.98. The van der Waals surface area contributed by atoms with Gasteiger partial charge in [0.1, 0.15) is 23.5 Å². The fourth-order valence-electron chi connectivity index (χ4n) is 4.23. The van der Waals surface area contributed by atoms with Gasteiger partial charge in [0.25, 0.3) is 5.91 Å². The van der Waals surface area contributed by atoms with Crippen LogP contribution in [0, 0.1) is 18.8 Å². The molecule has 37 heavy (non-hydrogen) atoms. The average Bonchev–Trinajstić information content (AvgIpc) is 3.15. The zero-order valence-corrected chi connectivity index (χ0v) is 20.4. The smallest absolute Gasteiger partial charge is 0.383 e. The van der Waals surface area contributed by atoms with Crippen LogP contribution < -0.4 is 16.4 Å². The number of rotatable bonds is 5. The zero-order chi connectivity index (χ0) is 26.7. The summed E-state index contributed by atoms with van der Waals surface area (Å²) in [4.78, 5) is 18.3. The van der Waals surface area contributed by atoms with Crippen molar-refractivity contribution in [2.24, 2.45) is 0 Å². The van der Waals surface area contributed by atoms with Crippen LogP contribution in [0.25, 0.3) is 5.52 Å². The maximum absolute atomic E-state index is 14.6. The number of amides is 1. The Balaban J connectivity index is 1.58. The van der Waals surface area contributed by atoms with Gasteiger partial charge in [-0.2, -0.15) is 18.3 Å². The van der Waals surface area contributed by atoms with Crippen molar-refractivity contribution >= 4 is 23.1 Å². The molecular formula is C25H27F4N7O. The number of nitrogen functional groups attached to an aromatic ring is 1. The fraction of sp³-hybridized carbons (Fsp3) is 0.400. The van der Waals surface area contributed by atoms with Crippen molar-refractivity contribution in [2.45, 2.75) is 38.2 Å². The molecule has 4 heterocycles. The van der Waals surface area contributed by atoms with Crippen molar-refractivity contribution < 1.29 is 22.4 Å². The highest BCUT2D eigenvalue weighted by Crippen LogP contribution is 2.28. The second-order valence-corrected chi connectivity index (χ2v) is 9.01. The fourth-order valence-corrected chi connectivity index (χ4v) is 4.23. The van der Waals surface area contributed by atoms with Crippen LogP contribution >= 0.6 is 0 Å². The molecule has 3 aromatic heterocycles. The molecule has 0 spiro atoms. The molecule has 1 saturated heterocycles. The standard InChI is InChI=1S/C25H27F4N7O/c1-15-8-9-16(23(30)32-15)24(37)31-11-4-5-19-17(13-25(27,28)29)21-6-3-7-22(36(21)34-19)33-20-10-12-35(2)14-18(20)26/h3,6-9,18,20,33H,10-14H2,1-2H3,(H2,30,32)(H,31,37)/t18-,20+/m0/s1. The van der Waals surface area contributed by atoms with E-state index in [-0.39, 0.29) is 41.2 Å². The predicted molar refractivity (Wildman–Crippen MR) is 132 cm³/mol. The highest BCUT2D eigenvalue weighted by atomic mass is 19.4. The minimum atomic E-state index is -4.49. The van der Waals surface area contributed by atoms with E-state index in [0.29, 0.717) is 24.5 Å². The van der Waals surface area contributed by atoms with Gasteiger partial charge in [-0.25, -0.2) is 13.9 Å². The first-order valence-corrected chi connectivity index (χ1v) is 11.7. The third kappa shape index (κ3) is 6.29. The number of nitrogens with zero attached hydrogens (tertiary/aromatic N) is 4. The molecule has 196 valence electrons. The number of hydrogen-bond acceptors (Lipinski definition) is 6. The summed E-state index contributed by atoms with van der Waals surface area (Å²) in [6.45, 7) is 2.55. The number of alkyl halides is 4. The second kappa shape index (κ2) is 10.6. The van der Waals surface area contributed by atoms with Crippen LogP contribution in [0.5, 0.6) is 0 Å². The van der Waals surface area contributed by atoms with Crippen molar-refractivity contribution in [3.8, 4) is 11.8 Å². The highest BCUT2D eigenvalue weighted by Gasteiger charge is 2.32. The monoisotopic (exact) mass is 517 g/mol. The van der Waals surface area contributed by atoms with Gasteiger partial charge in [-0.05, 0) is 50.6 Å². The summed E-state index contributed by atoms with van der Waals surface area (Å²) in [5, 5.41) is 9.97. The molecule has 0 aliphatic carbocycles. The number of halogens is 4. The number of piperidine rings is 1. The van der Waals surface area contributed by atoms with Gasteiger partial charge in [-0.1, -0.05) is 12.0 Å². The summed E-state index contributed by atoms with van der Waals surface area (Å²) < 4.78 is 56.1. The van der Waals surface area contributed by atoms with Crippen molar-refractivity contribution in [3.63, 3.8) is 0 Å². The van der Waals surface area contributed by atoms with Gasteiger partial charge < -0.3 is 21.3 Å². The topological polar surface area (TPSA) is 101 Å². The predicted octanol–water partition coefficient (Wildman–Crippen LogP) is 2.96. The van der Waals surface area contributed by atoms with Crippen LogP contribution in [-0.4, -0.2) is 70.5 Å². The molecule has 4 rings (SSSR count). The van der Waals surface area contributed by atoms with Crippen molar-refractivity contribution in [2.75, 3.05) is 37.7 Å². The van der Waals surface area contributed by atoms with E-state index in [1.54, 1.807) is 25.1 Å². The number of aromatic nitrogens is 3. The van der Waals surface area contributed by atoms with Gasteiger partial charge in [0.15, 0.2) is 0 Å². The Morgan fingerprint density at radius 3 is 2.76 bits per heavy atom. The van der Waals surface area contributed by atoms with E-state index in [1.165, 1.54) is 16.6 Å². The first kappa shape index (κ1) is 26.2. The molecule has 1 aliphatic rings. The van der Waals surface area contributed by atoms with Crippen molar-refractivity contribution in [3.05, 3.63) is 52.8 Å². The lowest BCUT2D eigenvalue weighted by Crippen LogP contribution is -2.46. The van der Waals surface area contributed by atoms with Crippen LogP contribution in [0.4, 0.5) is 29.2 Å². The Kier molecular flexibility index (Phi) is 7.54. The van der Waals surface area contributed by atoms with E-state index in [1.807, 2.05) is 11.9 Å². The molecule has 4 N–H and O–H groups in total. The Morgan fingerprint density at radius 2 is 2.05 bits per heavy atom. The first-order chi connectivity index (χ1) is 17.5. The number of hydrogen-bond donors (Lipinski definition) is 3. The van der Waals surface area contributed by atoms with Gasteiger partial charge >= 0.3 is 6.18 Å². The molecule has 1 aliphatic heterocycles. The first-order valence-electron chi connectivity index (χ1n) is 11.7. The lowest BCUT2D eigenvalue weighted by atomic mass is 10.0. The van der Waals surface area contributed by atoms with Crippen LogP contribution in [0.15, 0.2) is 30.3 Å². The number of pyridine rings is 2. The zero-order valence-electron chi connectivity index (χ0n) is 20.4. The Labute approximate surface area is 211 Å². The lowest BCUT2D eigenvalue weighted by molar-refractivity contribution is -0.127. The molecule has 1 amide bonds. The summed E-state index contributed by atoms with van der Waals surface area (Å²) in [5.41, 5.74) is 6.66. The Hall–Kier alpha value is -3.85. The minimum absolute atomic E-state index is 0.0680. The number of anilines is 2. The lowest BCUT2D eigenvalue weighted by Gasteiger charge is -2.33. The molecule has 0 bridgehead atoms. The summed E-state index contributed by atoms with van der Waals surface area (Å²) in [7, 11) is 1.83. The largest absolute Gasteiger partial charge is 0.393 e. The van der Waals surface area contributed by atoms with Crippen LogP contribution in [0.1, 0.15) is 33.7 Å². The molecule has 3 aromatic rings. The summed E-state index contributed by atoms with van der Waals surface area (Å²) in [5.74, 6) is 5.25. The average molecular weight is 518 g/mol. The molecule has 0 saturated carbocycles. The van der Waals surface area contributed by atoms with Gasteiger partial charge in [0.2, 0.25) is 0 Å². The summed E-state index contributed by atoms with van der Waals surface area (Å²) >= 11 is 0. The number of nitrogens with one attached hydrogen (secondary N) is 2. The number of nitrogens with two attached hydrogens (primary N) is 1. The summed E-state index contributed by atoms with van der Waals surface area (Å²) in [6.07, 6.45) is -6.33. The maximum Gasteiger partial charge on any atom is 0.393 e. The SMILES string of the molecule is Cc1ccc(C(=O)NCC#Cc2nn3c(N[C@@H]4CCN(C)C[C@@H]4F)cccc3c2CC(F)(F)F)c(N)n1. The molecule has 0 radical (unpaired) electrons. The summed E-state index contributed by atoms with van der Waals surface area (Å²) in [6, 6.07) is 7.43. The second-order valence-electron chi connectivity index (χ2n) is 9.01. The quantitative estimate of drug-likeness (QED) is 0.356. The van der Waals surface area contributed by atoms with Crippen molar-refractivity contribution in [1.82, 2.24) is 24.8 Å². The van der Waals surface area contributed by atoms with Gasteiger partial charge in [-0.3, -0.25) is 4.79 Å². The normalized spacial score (nSPS) is 18.3. The van der Waals surface area contributed by atoms with E-state index in [4.69, 9.17) is 5.73 Å². The number of carbonyl (C=O) groups excluding carboxylic acids is 1. The number of fused-ring (bicyclic) bond motifs is 1. The molecule has 1 fully saturated rings. The van der Waals surface area contributed by atoms with Gasteiger partial charge in [-0.15, -0.1) is 0 Å². The Bertz CT molecular complexity index is 1360. The van der Waals surface area contributed by atoms with E-state index in [2.05, 4.69) is 32.6 Å². The van der Waals surface area contributed by atoms with Crippen LogP contribution in [-0.2, 0) is 6.42 Å². The van der Waals surface area contributed by atoms with E-state index in [0.717, 1.165) is 0 Å². The van der Waals surface area contributed by atoms with Crippen molar-refractivity contribution in [1.29, 1.82) is 0 Å². The van der Waals surface area contributed by atoms with Crippen LogP contribution in [0.3, 0.4) is 0 Å². The number of likely N-dealkylation sites (tertiary alicyclic amines) is 1. The molecular weight excluding hydrogens is 490 g/mol. The molecule has 0 aromatic carbocycles. The van der Waals surface area contributed by atoms with E-state index < -0.39 is 30.7 Å².